The normalized spacial score (nSPS) is 11.1. The number of hydroxylamine groups is 2. The Balaban J connectivity index is 2.71. The molecule has 18 heavy (non-hydrogen) atoms. The fourth-order valence-electron chi connectivity index (χ4n) is 1.36. The first-order chi connectivity index (χ1) is 8.58. The molecule has 0 aromatic heterocycles. The molecule has 0 radical (unpaired) electrons. The maximum absolute atomic E-state index is 11.1. The summed E-state index contributed by atoms with van der Waals surface area (Å²) in [4.78, 5) is 11.1. The Hall–Kier alpha value is -1.99. The van der Waals surface area contributed by atoms with Gasteiger partial charge in [-0.1, -0.05) is 30.9 Å². The predicted molar refractivity (Wildman–Crippen MR) is 70.2 cm³/mol. The van der Waals surface area contributed by atoms with Gasteiger partial charge in [0.2, 0.25) is 0 Å². The smallest absolute Gasteiger partial charge is 0.339 e. The Morgan fingerprint density at radius 1 is 1.44 bits per heavy atom. The van der Waals surface area contributed by atoms with E-state index in [9.17, 15) is 10.0 Å². The van der Waals surface area contributed by atoms with Crippen LogP contribution in [0, 0.1) is 11.8 Å². The van der Waals surface area contributed by atoms with E-state index in [1.807, 2.05) is 24.3 Å². The number of carbonyl (C=O) groups is 1. The Morgan fingerprint density at radius 3 is 2.56 bits per heavy atom. The quantitative estimate of drug-likeness (QED) is 0.476. The van der Waals surface area contributed by atoms with Crippen LogP contribution in [0.25, 0.3) is 0 Å². The van der Waals surface area contributed by atoms with Crippen molar-refractivity contribution in [3.05, 3.63) is 35.4 Å². The lowest BCUT2D eigenvalue weighted by Crippen LogP contribution is -2.40. The van der Waals surface area contributed by atoms with E-state index in [4.69, 9.17) is 0 Å². The van der Waals surface area contributed by atoms with Gasteiger partial charge in [0.05, 0.1) is 0 Å². The minimum atomic E-state index is -0.571. The second kappa shape index (κ2) is 6.67. The molecule has 0 aliphatic carbocycles. The van der Waals surface area contributed by atoms with E-state index in [1.54, 1.807) is 6.92 Å². The Morgan fingerprint density at radius 2 is 2.06 bits per heavy atom. The summed E-state index contributed by atoms with van der Waals surface area (Å²) in [7, 11) is 1.45. The Bertz CT molecular complexity index is 457. The van der Waals surface area contributed by atoms with Gasteiger partial charge in [-0.3, -0.25) is 5.21 Å². The number of hydrogen-bond donors (Lipinski definition) is 2. The van der Waals surface area contributed by atoms with Gasteiger partial charge in [-0.25, -0.2) is 4.79 Å². The van der Waals surface area contributed by atoms with Gasteiger partial charge in [-0.15, -0.1) is 0 Å². The number of nitrogens with one attached hydrogen (secondary N) is 1. The number of carbonyl (C=O) groups excluding carboxylic acids is 1. The number of benzene rings is 1. The molecule has 4 heteroatoms. The molecule has 0 aliphatic heterocycles. The number of aryl methyl sites for hydroxylation is 1. The summed E-state index contributed by atoms with van der Waals surface area (Å²) in [5, 5.41) is 12.4. The van der Waals surface area contributed by atoms with Gasteiger partial charge < -0.3 is 5.32 Å². The highest BCUT2D eigenvalue weighted by Crippen LogP contribution is 2.04. The standard InChI is InChI=1S/C14H18N2O2/c1-4-12-7-9-13(10-8-12)6-5-11(2)16(18)14(17)15-3/h7-11,18H,4H2,1-3H3,(H,15,17). The number of urea groups is 1. The van der Waals surface area contributed by atoms with Crippen molar-refractivity contribution in [3.8, 4) is 11.8 Å². The van der Waals surface area contributed by atoms with Crippen molar-refractivity contribution in [3.63, 3.8) is 0 Å². The highest BCUT2D eigenvalue weighted by atomic mass is 16.5. The van der Waals surface area contributed by atoms with E-state index in [1.165, 1.54) is 12.6 Å². The third kappa shape index (κ3) is 3.79. The van der Waals surface area contributed by atoms with E-state index in [0.717, 1.165) is 12.0 Å². The van der Waals surface area contributed by atoms with Crippen LogP contribution in [0.1, 0.15) is 25.0 Å². The summed E-state index contributed by atoms with van der Waals surface area (Å²) in [5.41, 5.74) is 2.12. The molecule has 0 aliphatic rings. The van der Waals surface area contributed by atoms with E-state index in [0.29, 0.717) is 5.06 Å². The molecule has 1 unspecified atom stereocenters. The third-order valence-corrected chi connectivity index (χ3v) is 2.58. The third-order valence-electron chi connectivity index (χ3n) is 2.58. The summed E-state index contributed by atoms with van der Waals surface area (Å²) in [6.45, 7) is 3.75. The van der Waals surface area contributed by atoms with Crippen molar-refractivity contribution in [1.82, 2.24) is 10.4 Å². The molecule has 1 aromatic rings. The molecular weight excluding hydrogens is 228 g/mol. The zero-order valence-electron chi connectivity index (χ0n) is 10.9. The van der Waals surface area contributed by atoms with Gasteiger partial charge >= 0.3 is 6.03 Å². The molecule has 96 valence electrons. The predicted octanol–water partition coefficient (Wildman–Crippen LogP) is 2.02. The van der Waals surface area contributed by atoms with Crippen molar-refractivity contribution in [2.24, 2.45) is 0 Å². The van der Waals surface area contributed by atoms with Gasteiger partial charge in [0.15, 0.2) is 0 Å². The second-order valence-electron chi connectivity index (χ2n) is 3.90. The van der Waals surface area contributed by atoms with E-state index in [-0.39, 0.29) is 0 Å². The summed E-state index contributed by atoms with van der Waals surface area (Å²) < 4.78 is 0. The number of rotatable bonds is 2. The number of amides is 2. The summed E-state index contributed by atoms with van der Waals surface area (Å²) >= 11 is 0. The molecule has 1 atom stereocenters. The fourth-order valence-corrected chi connectivity index (χ4v) is 1.36. The molecule has 0 fully saturated rings. The number of nitrogens with zero attached hydrogens (tertiary/aromatic N) is 1. The van der Waals surface area contributed by atoms with Crippen LogP contribution in [0.3, 0.4) is 0 Å². The summed E-state index contributed by atoms with van der Waals surface area (Å²) in [5.74, 6) is 5.74. The largest absolute Gasteiger partial charge is 0.342 e. The SMILES string of the molecule is CCc1ccc(C#CC(C)N(O)C(=O)NC)cc1. The molecule has 0 heterocycles. The van der Waals surface area contributed by atoms with Crippen LogP contribution < -0.4 is 5.32 Å². The first kappa shape index (κ1) is 14.1. The molecule has 0 bridgehead atoms. The van der Waals surface area contributed by atoms with Gasteiger partial charge in [0, 0.05) is 12.6 Å². The second-order valence-corrected chi connectivity index (χ2v) is 3.90. The molecule has 1 rings (SSSR count). The molecule has 0 saturated heterocycles. The highest BCUT2D eigenvalue weighted by Gasteiger charge is 2.13. The lowest BCUT2D eigenvalue weighted by Gasteiger charge is -2.16. The van der Waals surface area contributed by atoms with Crippen molar-refractivity contribution in [1.29, 1.82) is 0 Å². The minimum absolute atomic E-state index is 0.559. The fraction of sp³-hybridized carbons (Fsp3) is 0.357. The molecule has 0 spiro atoms. The van der Waals surface area contributed by atoms with E-state index >= 15 is 0 Å². The van der Waals surface area contributed by atoms with E-state index < -0.39 is 12.1 Å². The molecule has 2 amide bonds. The Labute approximate surface area is 108 Å². The van der Waals surface area contributed by atoms with Crippen molar-refractivity contribution in [2.75, 3.05) is 7.05 Å². The van der Waals surface area contributed by atoms with Crippen LogP contribution in [0.4, 0.5) is 4.79 Å². The van der Waals surface area contributed by atoms with Crippen molar-refractivity contribution in [2.45, 2.75) is 26.3 Å². The van der Waals surface area contributed by atoms with Gasteiger partial charge in [-0.05, 0) is 31.0 Å². The average molecular weight is 246 g/mol. The number of hydrogen-bond acceptors (Lipinski definition) is 2. The van der Waals surface area contributed by atoms with Crippen LogP contribution in [-0.2, 0) is 6.42 Å². The zero-order chi connectivity index (χ0) is 13.5. The minimum Gasteiger partial charge on any atom is -0.339 e. The lowest BCUT2D eigenvalue weighted by molar-refractivity contribution is -0.0566. The van der Waals surface area contributed by atoms with Crippen LogP contribution in [0.5, 0.6) is 0 Å². The molecular formula is C14H18N2O2. The van der Waals surface area contributed by atoms with Crippen LogP contribution >= 0.6 is 0 Å². The van der Waals surface area contributed by atoms with Gasteiger partial charge in [0.25, 0.3) is 0 Å². The molecule has 4 nitrogen and oxygen atoms in total. The topological polar surface area (TPSA) is 52.6 Å². The maximum atomic E-state index is 11.1. The van der Waals surface area contributed by atoms with Crippen LogP contribution in [-0.4, -0.2) is 29.4 Å². The maximum Gasteiger partial charge on any atom is 0.342 e. The highest BCUT2D eigenvalue weighted by molar-refractivity contribution is 5.73. The Kier molecular flexibility index (Phi) is 5.22. The summed E-state index contributed by atoms with van der Waals surface area (Å²) in [6, 6.07) is 6.77. The molecule has 0 saturated carbocycles. The zero-order valence-corrected chi connectivity index (χ0v) is 10.9. The van der Waals surface area contributed by atoms with Crippen molar-refractivity contribution >= 4 is 6.03 Å². The van der Waals surface area contributed by atoms with Gasteiger partial charge in [0.1, 0.15) is 6.04 Å². The first-order valence-electron chi connectivity index (χ1n) is 5.88. The lowest BCUT2D eigenvalue weighted by atomic mass is 10.1. The van der Waals surface area contributed by atoms with Crippen LogP contribution in [0.15, 0.2) is 24.3 Å². The molecule has 1 aromatic carbocycles. The van der Waals surface area contributed by atoms with E-state index in [2.05, 4.69) is 24.1 Å². The van der Waals surface area contributed by atoms with Crippen molar-refractivity contribution < 1.29 is 10.0 Å². The average Bonchev–Trinajstić information content (AvgIpc) is 2.43. The molecule has 2 N–H and O–H groups in total. The summed E-state index contributed by atoms with van der Waals surface area (Å²) in [6.07, 6.45) is 0.991. The first-order valence-corrected chi connectivity index (χ1v) is 5.88. The van der Waals surface area contributed by atoms with Crippen LogP contribution in [0.2, 0.25) is 0 Å². The van der Waals surface area contributed by atoms with Gasteiger partial charge in [-0.2, -0.15) is 5.06 Å². The monoisotopic (exact) mass is 246 g/mol.